The maximum Gasteiger partial charge on any atom is 0.192 e. The Kier molecular flexibility index (Phi) is 3.77. The van der Waals surface area contributed by atoms with Gasteiger partial charge in [-0.05, 0) is 0 Å². The molecule has 2 N–H and O–H groups in total. The van der Waals surface area contributed by atoms with Gasteiger partial charge in [0.05, 0.1) is 5.75 Å². The van der Waals surface area contributed by atoms with Crippen molar-refractivity contribution in [1.82, 2.24) is 0 Å². The summed E-state index contributed by atoms with van der Waals surface area (Å²) in [5, 5.41) is 13.9. The summed E-state index contributed by atoms with van der Waals surface area (Å²) in [6.45, 7) is 0. The highest BCUT2D eigenvalue weighted by Crippen LogP contribution is 1.74. The van der Waals surface area contributed by atoms with E-state index in [9.17, 15) is 4.21 Å². The molecular formula is C2H5NO3S. The minimum atomic E-state index is -1.71. The van der Waals surface area contributed by atoms with Crippen LogP contribution in [0.2, 0.25) is 0 Å². The molecule has 0 aromatic carbocycles. The second kappa shape index (κ2) is 3.91. The number of hydrogen-bond acceptors (Lipinski definition) is 4. The topological polar surface area (TPSA) is 70.4 Å². The molecule has 0 spiro atoms. The normalized spacial score (nSPS) is 13.3. The average molecular weight is 123 g/mol. The standard InChI is InChI=1S/C2H5NO3S/c3-1-2-7(5)6-4/h1,3-4H,2H2. The molecule has 0 aliphatic carbocycles. The highest BCUT2D eigenvalue weighted by Gasteiger charge is 1.90. The Morgan fingerprint density at radius 2 is 2.57 bits per heavy atom. The first-order valence-electron chi connectivity index (χ1n) is 1.50. The molecule has 0 bridgehead atoms. The van der Waals surface area contributed by atoms with E-state index in [1.807, 2.05) is 0 Å². The van der Waals surface area contributed by atoms with Crippen LogP contribution in [0.15, 0.2) is 0 Å². The van der Waals surface area contributed by atoms with E-state index in [1.165, 1.54) is 0 Å². The van der Waals surface area contributed by atoms with E-state index in [2.05, 4.69) is 4.33 Å². The lowest BCUT2D eigenvalue weighted by Crippen LogP contribution is -1.98. The van der Waals surface area contributed by atoms with E-state index in [1.54, 1.807) is 0 Å². The number of nitrogens with one attached hydrogen (secondary N) is 1. The van der Waals surface area contributed by atoms with Gasteiger partial charge in [0.15, 0.2) is 11.1 Å². The van der Waals surface area contributed by atoms with Crippen molar-refractivity contribution in [3.63, 3.8) is 0 Å². The maximum absolute atomic E-state index is 9.90. The van der Waals surface area contributed by atoms with Crippen LogP contribution in [0.3, 0.4) is 0 Å². The van der Waals surface area contributed by atoms with Gasteiger partial charge in [0.1, 0.15) is 0 Å². The fraction of sp³-hybridized carbons (Fsp3) is 0.500. The minimum absolute atomic E-state index is 0.0590. The second-order valence-electron chi connectivity index (χ2n) is 0.749. The van der Waals surface area contributed by atoms with Gasteiger partial charge in [0.25, 0.3) is 0 Å². The molecule has 5 heteroatoms. The van der Waals surface area contributed by atoms with Crippen LogP contribution in [-0.2, 0) is 15.4 Å². The van der Waals surface area contributed by atoms with E-state index in [-0.39, 0.29) is 5.75 Å². The van der Waals surface area contributed by atoms with Gasteiger partial charge in [-0.2, -0.15) is 0 Å². The fourth-order valence-corrected chi connectivity index (χ4v) is 0.295. The van der Waals surface area contributed by atoms with E-state index >= 15 is 0 Å². The minimum Gasteiger partial charge on any atom is -0.312 e. The Labute approximate surface area is 43.2 Å². The van der Waals surface area contributed by atoms with E-state index < -0.39 is 11.1 Å². The Bertz CT molecular complexity index is 83.0. The molecule has 0 rings (SSSR count). The van der Waals surface area contributed by atoms with Crippen LogP contribution in [0.5, 0.6) is 0 Å². The van der Waals surface area contributed by atoms with Gasteiger partial charge >= 0.3 is 0 Å². The van der Waals surface area contributed by atoms with Crippen molar-refractivity contribution in [1.29, 1.82) is 5.41 Å². The van der Waals surface area contributed by atoms with Crippen molar-refractivity contribution >= 4 is 17.3 Å². The molecule has 0 aromatic heterocycles. The Hall–Kier alpha value is -0.260. The zero-order valence-corrected chi connectivity index (χ0v) is 4.27. The van der Waals surface area contributed by atoms with Crippen molar-refractivity contribution in [3.8, 4) is 0 Å². The SMILES string of the molecule is N=CCS(=O)OO. The van der Waals surface area contributed by atoms with Gasteiger partial charge in [-0.25, -0.2) is 9.47 Å². The van der Waals surface area contributed by atoms with Gasteiger partial charge in [0.2, 0.25) is 0 Å². The highest BCUT2D eigenvalue weighted by atomic mass is 32.2. The molecule has 0 fully saturated rings. The van der Waals surface area contributed by atoms with Gasteiger partial charge in [-0.3, -0.25) is 0 Å². The Morgan fingerprint density at radius 1 is 2.00 bits per heavy atom. The van der Waals surface area contributed by atoms with Crippen LogP contribution in [0.4, 0.5) is 0 Å². The van der Waals surface area contributed by atoms with Gasteiger partial charge < -0.3 is 5.41 Å². The smallest absolute Gasteiger partial charge is 0.192 e. The lowest BCUT2D eigenvalue weighted by molar-refractivity contribution is -0.123. The molecule has 0 heterocycles. The molecule has 0 aliphatic heterocycles. The lowest BCUT2D eigenvalue weighted by atomic mass is 10.9. The Morgan fingerprint density at radius 3 is 2.71 bits per heavy atom. The summed E-state index contributed by atoms with van der Waals surface area (Å²) in [5.41, 5.74) is 0. The molecule has 1 unspecified atom stereocenters. The molecule has 4 nitrogen and oxygen atoms in total. The average Bonchev–Trinajstić information content (AvgIpc) is 1.68. The molecule has 0 aliphatic rings. The van der Waals surface area contributed by atoms with Crippen molar-refractivity contribution in [2.75, 3.05) is 5.75 Å². The molecular weight excluding hydrogens is 118 g/mol. The summed E-state index contributed by atoms with van der Waals surface area (Å²) in [4.78, 5) is 0. The first kappa shape index (κ1) is 6.74. The first-order valence-corrected chi connectivity index (χ1v) is 2.75. The van der Waals surface area contributed by atoms with E-state index in [0.717, 1.165) is 6.21 Å². The van der Waals surface area contributed by atoms with Crippen molar-refractivity contribution in [2.45, 2.75) is 0 Å². The number of hydrogen-bond donors (Lipinski definition) is 2. The molecule has 0 saturated carbocycles. The molecule has 0 radical (unpaired) electrons. The Balaban J connectivity index is 3.17. The first-order chi connectivity index (χ1) is 3.31. The maximum atomic E-state index is 9.90. The van der Waals surface area contributed by atoms with Crippen LogP contribution in [0.1, 0.15) is 0 Å². The molecule has 0 aromatic rings. The summed E-state index contributed by atoms with van der Waals surface area (Å²) in [5.74, 6) is -0.0590. The van der Waals surface area contributed by atoms with Crippen LogP contribution < -0.4 is 0 Å². The zero-order chi connectivity index (χ0) is 5.70. The van der Waals surface area contributed by atoms with Crippen molar-refractivity contribution in [3.05, 3.63) is 0 Å². The molecule has 0 saturated heterocycles. The summed E-state index contributed by atoms with van der Waals surface area (Å²) < 4.78 is 13.2. The third-order valence-electron chi connectivity index (χ3n) is 0.303. The predicted octanol–water partition coefficient (Wildman–Crippen LogP) is -0.211. The molecule has 7 heavy (non-hydrogen) atoms. The quantitative estimate of drug-likeness (QED) is 0.310. The monoisotopic (exact) mass is 123 g/mol. The summed E-state index contributed by atoms with van der Waals surface area (Å²) >= 11 is -1.71. The second-order valence-corrected chi connectivity index (χ2v) is 1.84. The van der Waals surface area contributed by atoms with Crippen LogP contribution in [0, 0.1) is 5.41 Å². The van der Waals surface area contributed by atoms with Crippen molar-refractivity contribution < 1.29 is 13.8 Å². The third-order valence-corrected chi connectivity index (χ3v) is 0.908. The highest BCUT2D eigenvalue weighted by molar-refractivity contribution is 7.80. The fourth-order valence-electron chi connectivity index (χ4n) is 0.0985. The van der Waals surface area contributed by atoms with Gasteiger partial charge in [-0.15, -0.1) is 4.33 Å². The zero-order valence-electron chi connectivity index (χ0n) is 3.46. The van der Waals surface area contributed by atoms with Crippen LogP contribution in [0.25, 0.3) is 0 Å². The van der Waals surface area contributed by atoms with Gasteiger partial charge in [0, 0.05) is 6.21 Å². The predicted molar refractivity (Wildman–Crippen MR) is 25.5 cm³/mol. The molecule has 42 valence electrons. The lowest BCUT2D eigenvalue weighted by Gasteiger charge is -1.84. The third kappa shape index (κ3) is 3.57. The summed E-state index contributed by atoms with van der Waals surface area (Å²) in [7, 11) is 0. The largest absolute Gasteiger partial charge is 0.312 e. The van der Waals surface area contributed by atoms with Gasteiger partial charge in [-0.1, -0.05) is 0 Å². The summed E-state index contributed by atoms with van der Waals surface area (Å²) in [6.07, 6.45) is 0.895. The van der Waals surface area contributed by atoms with Crippen molar-refractivity contribution in [2.24, 2.45) is 0 Å². The van der Waals surface area contributed by atoms with Crippen LogP contribution >= 0.6 is 0 Å². The summed E-state index contributed by atoms with van der Waals surface area (Å²) in [6, 6.07) is 0. The molecule has 0 amide bonds. The van der Waals surface area contributed by atoms with E-state index in [0.29, 0.717) is 0 Å². The van der Waals surface area contributed by atoms with Crippen LogP contribution in [-0.4, -0.2) is 21.4 Å². The van der Waals surface area contributed by atoms with E-state index in [4.69, 9.17) is 10.7 Å². The molecule has 1 atom stereocenters. The number of rotatable bonds is 3.